The molecule has 1 aromatic rings. The Hall–Kier alpha value is -1.09. The first-order valence-electron chi connectivity index (χ1n) is 8.07. The van der Waals surface area contributed by atoms with Crippen molar-refractivity contribution in [1.82, 2.24) is 10.3 Å². The Kier molecular flexibility index (Phi) is 5.80. The summed E-state index contributed by atoms with van der Waals surface area (Å²) in [6, 6.07) is 4.45. The first-order chi connectivity index (χ1) is 9.61. The Labute approximate surface area is 131 Å². The fourth-order valence-electron chi connectivity index (χ4n) is 2.05. The van der Waals surface area contributed by atoms with Gasteiger partial charge in [0.25, 0.3) is 0 Å². The second-order valence-electron chi connectivity index (χ2n) is 7.47. The van der Waals surface area contributed by atoms with E-state index in [0.717, 1.165) is 31.0 Å². The van der Waals surface area contributed by atoms with Crippen LogP contribution >= 0.6 is 0 Å². The number of aromatic nitrogens is 1. The minimum Gasteiger partial charge on any atom is -0.355 e. The zero-order valence-electron chi connectivity index (χ0n) is 15.2. The first-order valence-corrected chi connectivity index (χ1v) is 8.07. The van der Waals surface area contributed by atoms with Gasteiger partial charge in [-0.3, -0.25) is 0 Å². The van der Waals surface area contributed by atoms with Gasteiger partial charge in [0, 0.05) is 30.2 Å². The van der Waals surface area contributed by atoms with Crippen LogP contribution in [0.25, 0.3) is 0 Å². The van der Waals surface area contributed by atoms with Crippen molar-refractivity contribution < 1.29 is 0 Å². The van der Waals surface area contributed by atoms with Crippen LogP contribution in [0.2, 0.25) is 0 Å². The highest BCUT2D eigenvalue weighted by Gasteiger charge is 2.25. The van der Waals surface area contributed by atoms with Crippen LogP contribution < -0.4 is 10.2 Å². The zero-order valence-corrected chi connectivity index (χ0v) is 15.2. The normalized spacial score (nSPS) is 12.6. The minimum absolute atomic E-state index is 0.0637. The Balaban J connectivity index is 3.24. The molecule has 21 heavy (non-hydrogen) atoms. The summed E-state index contributed by atoms with van der Waals surface area (Å²) in [6.07, 6.45) is 1.09. The molecule has 0 radical (unpaired) electrons. The maximum absolute atomic E-state index is 4.93. The van der Waals surface area contributed by atoms with E-state index >= 15 is 0 Å². The molecule has 1 rings (SSSR count). The number of hydrogen-bond donors (Lipinski definition) is 1. The van der Waals surface area contributed by atoms with Gasteiger partial charge >= 0.3 is 0 Å². The first kappa shape index (κ1) is 18.0. The van der Waals surface area contributed by atoms with Gasteiger partial charge in [0.1, 0.15) is 5.82 Å². The van der Waals surface area contributed by atoms with Gasteiger partial charge in [-0.15, -0.1) is 0 Å². The van der Waals surface area contributed by atoms with E-state index in [1.165, 1.54) is 5.56 Å². The molecule has 0 aliphatic heterocycles. The van der Waals surface area contributed by atoms with Gasteiger partial charge in [0.05, 0.1) is 0 Å². The lowest BCUT2D eigenvalue weighted by Crippen LogP contribution is -2.41. The monoisotopic (exact) mass is 291 g/mol. The molecule has 1 aromatic heterocycles. The topological polar surface area (TPSA) is 28.2 Å². The minimum atomic E-state index is 0.0637. The van der Waals surface area contributed by atoms with Crippen molar-refractivity contribution in [3.63, 3.8) is 0 Å². The van der Waals surface area contributed by atoms with E-state index in [2.05, 4.69) is 77.9 Å². The van der Waals surface area contributed by atoms with Crippen LogP contribution in [-0.4, -0.2) is 24.1 Å². The maximum atomic E-state index is 4.93. The maximum Gasteiger partial charge on any atom is 0.129 e. The molecule has 0 atom stereocenters. The van der Waals surface area contributed by atoms with Gasteiger partial charge in [0.2, 0.25) is 0 Å². The highest BCUT2D eigenvalue weighted by Crippen LogP contribution is 2.28. The summed E-state index contributed by atoms with van der Waals surface area (Å²) in [5.41, 5.74) is 2.64. The van der Waals surface area contributed by atoms with E-state index in [0.29, 0.717) is 0 Å². The number of rotatable bonds is 6. The Morgan fingerprint density at radius 3 is 2.19 bits per heavy atom. The largest absolute Gasteiger partial charge is 0.355 e. The van der Waals surface area contributed by atoms with Crippen LogP contribution in [0.4, 0.5) is 5.82 Å². The lowest BCUT2D eigenvalue weighted by atomic mass is 9.90. The summed E-state index contributed by atoms with van der Waals surface area (Å²) in [7, 11) is 2.15. The SMILES string of the molecule is CCNCc1cc(N(C)C(C)(C)CC)nc(C(C)(C)C)c1. The lowest BCUT2D eigenvalue weighted by Gasteiger charge is -2.36. The predicted molar refractivity (Wildman–Crippen MR) is 93.1 cm³/mol. The van der Waals surface area contributed by atoms with Crippen LogP contribution in [0.5, 0.6) is 0 Å². The highest BCUT2D eigenvalue weighted by molar-refractivity contribution is 5.45. The van der Waals surface area contributed by atoms with Crippen molar-refractivity contribution in [2.24, 2.45) is 0 Å². The highest BCUT2D eigenvalue weighted by atomic mass is 15.2. The molecule has 1 N–H and O–H groups in total. The summed E-state index contributed by atoms with van der Waals surface area (Å²) in [5, 5.41) is 3.42. The van der Waals surface area contributed by atoms with E-state index in [1.807, 2.05) is 0 Å². The molecule has 3 heteroatoms. The van der Waals surface area contributed by atoms with E-state index in [1.54, 1.807) is 0 Å². The predicted octanol–water partition coefficient (Wildman–Crippen LogP) is 4.11. The summed E-state index contributed by atoms with van der Waals surface area (Å²) in [4.78, 5) is 7.23. The molecular weight excluding hydrogens is 258 g/mol. The molecule has 120 valence electrons. The second kappa shape index (κ2) is 6.78. The number of anilines is 1. The molecule has 0 saturated carbocycles. The molecule has 0 unspecified atom stereocenters. The third-order valence-corrected chi connectivity index (χ3v) is 4.34. The van der Waals surface area contributed by atoms with Crippen molar-refractivity contribution >= 4 is 5.82 Å². The molecule has 0 fully saturated rings. The average molecular weight is 291 g/mol. The van der Waals surface area contributed by atoms with Crippen molar-refractivity contribution in [3.05, 3.63) is 23.4 Å². The van der Waals surface area contributed by atoms with Crippen LogP contribution in [0, 0.1) is 0 Å². The Bertz CT molecular complexity index is 458. The third-order valence-electron chi connectivity index (χ3n) is 4.34. The van der Waals surface area contributed by atoms with E-state index < -0.39 is 0 Å². The number of pyridine rings is 1. The molecule has 1 heterocycles. The quantitative estimate of drug-likeness (QED) is 0.855. The smallest absolute Gasteiger partial charge is 0.129 e. The van der Waals surface area contributed by atoms with Gasteiger partial charge in [-0.25, -0.2) is 4.98 Å². The molecule has 0 spiro atoms. The van der Waals surface area contributed by atoms with Gasteiger partial charge in [-0.05, 0) is 44.5 Å². The van der Waals surface area contributed by atoms with Crippen LogP contribution in [0.3, 0.4) is 0 Å². The van der Waals surface area contributed by atoms with Crippen LogP contribution in [-0.2, 0) is 12.0 Å². The number of hydrogen-bond acceptors (Lipinski definition) is 3. The van der Waals surface area contributed by atoms with Crippen molar-refractivity contribution in [3.8, 4) is 0 Å². The summed E-state index contributed by atoms with van der Waals surface area (Å²) >= 11 is 0. The van der Waals surface area contributed by atoms with Gasteiger partial charge in [-0.1, -0.05) is 34.6 Å². The van der Waals surface area contributed by atoms with Crippen LogP contribution in [0.15, 0.2) is 12.1 Å². The molecule has 0 aliphatic carbocycles. The number of nitrogens with zero attached hydrogens (tertiary/aromatic N) is 2. The summed E-state index contributed by atoms with van der Waals surface area (Å²) < 4.78 is 0. The van der Waals surface area contributed by atoms with E-state index in [9.17, 15) is 0 Å². The Morgan fingerprint density at radius 1 is 1.10 bits per heavy atom. The summed E-state index contributed by atoms with van der Waals surface area (Å²) in [5.74, 6) is 1.07. The molecule has 3 nitrogen and oxygen atoms in total. The van der Waals surface area contributed by atoms with Gasteiger partial charge < -0.3 is 10.2 Å². The summed E-state index contributed by atoms with van der Waals surface area (Å²) in [6.45, 7) is 17.4. The molecule has 0 aliphatic rings. The van der Waals surface area contributed by atoms with Crippen molar-refractivity contribution in [2.75, 3.05) is 18.5 Å². The Morgan fingerprint density at radius 2 is 1.71 bits per heavy atom. The van der Waals surface area contributed by atoms with E-state index in [4.69, 9.17) is 4.98 Å². The van der Waals surface area contributed by atoms with Gasteiger partial charge in [0.15, 0.2) is 0 Å². The van der Waals surface area contributed by atoms with Crippen molar-refractivity contribution in [2.45, 2.75) is 72.4 Å². The fourth-order valence-corrected chi connectivity index (χ4v) is 2.05. The molecular formula is C18H33N3. The second-order valence-corrected chi connectivity index (χ2v) is 7.47. The average Bonchev–Trinajstić information content (AvgIpc) is 2.42. The fraction of sp³-hybridized carbons (Fsp3) is 0.722. The molecule has 0 amide bonds. The molecule has 0 bridgehead atoms. The molecule has 0 aromatic carbocycles. The third kappa shape index (κ3) is 4.70. The lowest BCUT2D eigenvalue weighted by molar-refractivity contribution is 0.464. The standard InChI is InChI=1S/C18H33N3/c1-9-18(6,7)21(8)16-12-14(13-19-10-2)11-15(20-16)17(3,4)5/h11-12,19H,9-10,13H2,1-8H3. The van der Waals surface area contributed by atoms with Gasteiger partial charge in [-0.2, -0.15) is 0 Å². The zero-order chi connectivity index (χ0) is 16.3. The van der Waals surface area contributed by atoms with Crippen LogP contribution in [0.1, 0.15) is 66.1 Å². The van der Waals surface area contributed by atoms with Crippen molar-refractivity contribution in [1.29, 1.82) is 0 Å². The molecule has 0 saturated heterocycles. The number of nitrogens with one attached hydrogen (secondary N) is 1. The van der Waals surface area contributed by atoms with E-state index in [-0.39, 0.29) is 11.0 Å².